The number of fused-ring (bicyclic) bond motifs is 2. The van der Waals surface area contributed by atoms with Gasteiger partial charge in [0.25, 0.3) is 0 Å². The first-order valence-corrected chi connectivity index (χ1v) is 15.2. The van der Waals surface area contributed by atoms with E-state index in [1.165, 1.54) is 11.8 Å². The van der Waals surface area contributed by atoms with E-state index >= 15 is 0 Å². The van der Waals surface area contributed by atoms with Gasteiger partial charge in [0.2, 0.25) is 15.9 Å². The SMILES string of the molecule is CS(=O)(=O)N[C@H]1CC[C@H](c2ccc(-c3nc4c(C#N)c(O[C@@H]5CO[C@H]6[C@@H]5OC[C@H]6O)[nH]c4cc3Cl)cc2)CC1. The summed E-state index contributed by atoms with van der Waals surface area (Å²) in [5.41, 5.74) is 3.88. The van der Waals surface area contributed by atoms with E-state index in [0.29, 0.717) is 27.7 Å². The molecular formula is C27H29ClN4O6S. The third-order valence-corrected chi connectivity index (χ3v) is 8.86. The van der Waals surface area contributed by atoms with Crippen molar-refractivity contribution in [2.45, 2.75) is 62.1 Å². The maximum Gasteiger partial charge on any atom is 0.212 e. The molecule has 2 aromatic heterocycles. The minimum Gasteiger partial charge on any atom is -0.469 e. The number of pyridine rings is 1. The largest absolute Gasteiger partial charge is 0.469 e. The summed E-state index contributed by atoms with van der Waals surface area (Å²) in [7, 11) is -3.20. The molecule has 0 bridgehead atoms. The molecule has 0 radical (unpaired) electrons. The summed E-state index contributed by atoms with van der Waals surface area (Å²) in [5, 5.41) is 20.4. The molecule has 1 aliphatic carbocycles. The molecule has 12 heteroatoms. The van der Waals surface area contributed by atoms with Crippen LogP contribution in [0.3, 0.4) is 0 Å². The zero-order chi connectivity index (χ0) is 27.3. The predicted octanol–water partition coefficient (Wildman–Crippen LogP) is 3.24. The molecule has 0 spiro atoms. The van der Waals surface area contributed by atoms with E-state index in [1.807, 2.05) is 12.1 Å². The highest BCUT2D eigenvalue weighted by Crippen LogP contribution is 2.38. The highest BCUT2D eigenvalue weighted by Gasteiger charge is 2.48. The average molecular weight is 573 g/mol. The number of sulfonamides is 1. The van der Waals surface area contributed by atoms with Crippen LogP contribution in [0.5, 0.6) is 5.88 Å². The molecular weight excluding hydrogens is 544 g/mol. The second-order valence-electron chi connectivity index (χ2n) is 10.5. The molecule has 39 heavy (non-hydrogen) atoms. The quantitative estimate of drug-likeness (QED) is 0.408. The molecule has 0 unspecified atom stereocenters. The number of aliphatic hydroxyl groups is 1. The molecule has 1 aromatic carbocycles. The van der Waals surface area contributed by atoms with Crippen LogP contribution in [0.15, 0.2) is 30.3 Å². The number of hydrogen-bond donors (Lipinski definition) is 3. The molecule has 6 rings (SSSR count). The van der Waals surface area contributed by atoms with E-state index in [2.05, 4.69) is 27.9 Å². The summed E-state index contributed by atoms with van der Waals surface area (Å²) in [6.07, 6.45) is 2.62. The molecule has 3 aliphatic rings. The lowest BCUT2D eigenvalue weighted by Gasteiger charge is -2.29. The van der Waals surface area contributed by atoms with E-state index in [9.17, 15) is 18.8 Å². The van der Waals surface area contributed by atoms with Crippen molar-refractivity contribution in [3.8, 4) is 23.2 Å². The summed E-state index contributed by atoms with van der Waals surface area (Å²) in [6, 6.07) is 12.0. The average Bonchev–Trinajstić information content (AvgIpc) is 3.58. The molecule has 3 aromatic rings. The predicted molar refractivity (Wildman–Crippen MR) is 144 cm³/mol. The van der Waals surface area contributed by atoms with Crippen molar-refractivity contribution in [3.05, 3.63) is 46.5 Å². The summed E-state index contributed by atoms with van der Waals surface area (Å²) in [6.45, 7) is 0.433. The number of aliphatic hydroxyl groups excluding tert-OH is 1. The Hall–Kier alpha value is -2.72. The van der Waals surface area contributed by atoms with E-state index in [4.69, 9.17) is 30.8 Å². The van der Waals surface area contributed by atoms with Gasteiger partial charge >= 0.3 is 0 Å². The molecule has 1 saturated carbocycles. The Bertz CT molecular complexity index is 1530. The maximum absolute atomic E-state index is 11.5. The number of H-pyrrole nitrogens is 1. The van der Waals surface area contributed by atoms with Crippen LogP contribution in [0.4, 0.5) is 0 Å². The number of aromatic nitrogens is 2. The standard InChI is InChI=1S/C27H29ClN4O6S/c1-39(34,35)32-17-8-6-15(7-9-17)14-2-4-16(5-3-14)23-19(28)10-20-24(31-23)18(11-29)27(30-20)38-22-13-37-25-21(33)12-36-26(22)25/h2-5,10,15,17,21-22,25-26,30,32-33H,6-9,12-13H2,1H3/t15-,17-,21-,22-,25-,26-/m1/s1. The van der Waals surface area contributed by atoms with Gasteiger partial charge in [0.1, 0.15) is 35.5 Å². The van der Waals surface area contributed by atoms with Crippen LogP contribution in [0, 0.1) is 11.3 Å². The Morgan fingerprint density at radius 3 is 2.56 bits per heavy atom. The van der Waals surface area contributed by atoms with Crippen LogP contribution in [0.2, 0.25) is 5.02 Å². The number of nitrogens with one attached hydrogen (secondary N) is 2. The Balaban J connectivity index is 1.21. The van der Waals surface area contributed by atoms with Gasteiger partial charge < -0.3 is 24.3 Å². The van der Waals surface area contributed by atoms with E-state index in [-0.39, 0.29) is 30.7 Å². The topological polar surface area (TPSA) is 147 Å². The smallest absolute Gasteiger partial charge is 0.212 e. The highest BCUT2D eigenvalue weighted by atomic mass is 35.5. The summed E-state index contributed by atoms with van der Waals surface area (Å²) in [5.74, 6) is 0.630. The fourth-order valence-corrected chi connectivity index (χ4v) is 7.02. The van der Waals surface area contributed by atoms with Gasteiger partial charge in [-0.15, -0.1) is 0 Å². The zero-order valence-corrected chi connectivity index (χ0v) is 22.8. The zero-order valence-electron chi connectivity index (χ0n) is 21.3. The number of halogens is 1. The first kappa shape index (κ1) is 26.5. The summed E-state index contributed by atoms with van der Waals surface area (Å²) >= 11 is 6.63. The van der Waals surface area contributed by atoms with Crippen LogP contribution >= 0.6 is 11.6 Å². The highest BCUT2D eigenvalue weighted by molar-refractivity contribution is 7.88. The van der Waals surface area contributed by atoms with Crippen molar-refractivity contribution in [1.29, 1.82) is 5.26 Å². The number of nitriles is 1. The lowest BCUT2D eigenvalue weighted by molar-refractivity contribution is 0.00789. The number of benzene rings is 1. The van der Waals surface area contributed by atoms with Gasteiger partial charge in [-0.2, -0.15) is 5.26 Å². The number of rotatable bonds is 6. The first-order valence-electron chi connectivity index (χ1n) is 13.0. The molecule has 10 nitrogen and oxygen atoms in total. The van der Waals surface area contributed by atoms with Crippen LogP contribution in [-0.4, -0.2) is 73.4 Å². The Morgan fingerprint density at radius 2 is 1.87 bits per heavy atom. The summed E-state index contributed by atoms with van der Waals surface area (Å²) in [4.78, 5) is 7.86. The van der Waals surface area contributed by atoms with Gasteiger partial charge in [0, 0.05) is 11.6 Å². The maximum atomic E-state index is 11.5. The van der Waals surface area contributed by atoms with Crippen molar-refractivity contribution in [2.75, 3.05) is 19.5 Å². The van der Waals surface area contributed by atoms with Gasteiger partial charge in [-0.25, -0.2) is 18.1 Å². The van der Waals surface area contributed by atoms with Crippen molar-refractivity contribution in [2.24, 2.45) is 0 Å². The molecule has 4 heterocycles. The van der Waals surface area contributed by atoms with Gasteiger partial charge in [-0.05, 0) is 43.2 Å². The molecule has 206 valence electrons. The fraction of sp³-hybridized carbons (Fsp3) is 0.481. The van der Waals surface area contributed by atoms with E-state index < -0.39 is 34.4 Å². The first-order chi connectivity index (χ1) is 18.7. The molecule has 2 aliphatic heterocycles. The minimum atomic E-state index is -3.20. The monoisotopic (exact) mass is 572 g/mol. The second-order valence-corrected chi connectivity index (χ2v) is 12.7. The van der Waals surface area contributed by atoms with Crippen LogP contribution in [0.25, 0.3) is 22.3 Å². The van der Waals surface area contributed by atoms with Crippen molar-refractivity contribution in [3.63, 3.8) is 0 Å². The van der Waals surface area contributed by atoms with E-state index in [1.54, 1.807) is 6.07 Å². The third kappa shape index (κ3) is 5.25. The lowest BCUT2D eigenvalue weighted by Crippen LogP contribution is -2.36. The minimum absolute atomic E-state index is 0.00489. The van der Waals surface area contributed by atoms with Gasteiger partial charge in [0.05, 0.1) is 35.7 Å². The molecule has 3 N–H and O–H groups in total. The van der Waals surface area contributed by atoms with Gasteiger partial charge in [0.15, 0.2) is 6.10 Å². The Kier molecular flexibility index (Phi) is 7.03. The fourth-order valence-electron chi connectivity index (χ4n) is 5.92. The molecule has 2 saturated heterocycles. The molecule has 4 atom stereocenters. The molecule has 3 fully saturated rings. The molecule has 0 amide bonds. The number of aromatic amines is 1. The Labute approximate surface area is 231 Å². The number of nitrogens with zero attached hydrogens (tertiary/aromatic N) is 2. The lowest BCUT2D eigenvalue weighted by atomic mass is 9.82. The van der Waals surface area contributed by atoms with Crippen molar-refractivity contribution in [1.82, 2.24) is 14.7 Å². The van der Waals surface area contributed by atoms with E-state index in [0.717, 1.165) is 31.2 Å². The van der Waals surface area contributed by atoms with Crippen molar-refractivity contribution < 1.29 is 27.7 Å². The number of ether oxygens (including phenoxy) is 3. The summed E-state index contributed by atoms with van der Waals surface area (Å²) < 4.78 is 43.1. The van der Waals surface area contributed by atoms with Crippen LogP contribution in [0.1, 0.15) is 42.7 Å². The van der Waals surface area contributed by atoms with Gasteiger partial charge in [-0.3, -0.25) is 0 Å². The number of hydrogen-bond acceptors (Lipinski definition) is 8. The van der Waals surface area contributed by atoms with Crippen LogP contribution < -0.4 is 9.46 Å². The normalized spacial score (nSPS) is 28.9. The van der Waals surface area contributed by atoms with Gasteiger partial charge in [-0.1, -0.05) is 35.9 Å². The van der Waals surface area contributed by atoms with Crippen molar-refractivity contribution >= 4 is 32.7 Å². The van der Waals surface area contributed by atoms with Crippen LogP contribution in [-0.2, 0) is 19.5 Å². The Morgan fingerprint density at radius 1 is 1.15 bits per heavy atom. The third-order valence-electron chi connectivity index (χ3n) is 7.81. The second kappa shape index (κ2) is 10.4.